The van der Waals surface area contributed by atoms with Gasteiger partial charge in [-0.05, 0) is 79.0 Å². The largest absolute Gasteiger partial charge is 0.487 e. The van der Waals surface area contributed by atoms with Gasteiger partial charge in [0, 0.05) is 48.8 Å². The first-order valence-electron chi connectivity index (χ1n) is 15.5. The number of carbonyl (C=O) groups excluding carboxylic acids is 3. The van der Waals surface area contributed by atoms with Crippen molar-refractivity contribution in [3.05, 3.63) is 64.2 Å². The van der Waals surface area contributed by atoms with E-state index in [1.165, 1.54) is 19.6 Å². The first-order valence-corrected chi connectivity index (χ1v) is 15.9. The van der Waals surface area contributed by atoms with Crippen LogP contribution in [0.4, 0.5) is 5.69 Å². The lowest BCUT2D eigenvalue weighted by Gasteiger charge is -2.73. The topological polar surface area (TPSA) is 135 Å². The lowest BCUT2D eigenvalue weighted by Crippen LogP contribution is -2.78. The van der Waals surface area contributed by atoms with Crippen LogP contribution >= 0.6 is 11.6 Å². The molecule has 7 rings (SSSR count). The van der Waals surface area contributed by atoms with Gasteiger partial charge in [0.05, 0.1) is 12.1 Å². The highest BCUT2D eigenvalue weighted by Gasteiger charge is 2.90. The zero-order valence-corrected chi connectivity index (χ0v) is 26.1. The molecule has 2 bridgehead atoms. The Morgan fingerprint density at radius 3 is 2.42 bits per heavy atom. The molecule has 11 heteroatoms. The normalized spacial score (nSPS) is 33.2. The van der Waals surface area contributed by atoms with Gasteiger partial charge in [0.25, 0.3) is 5.79 Å². The fraction of sp³-hybridized carbons (Fsp3) is 0.500. The molecule has 0 radical (unpaired) electrons. The maximum Gasteiger partial charge on any atom is 0.330 e. The predicted molar refractivity (Wildman–Crippen MR) is 163 cm³/mol. The Morgan fingerprint density at radius 1 is 1.02 bits per heavy atom. The summed E-state index contributed by atoms with van der Waals surface area (Å²) in [7, 11) is 2.96. The summed E-state index contributed by atoms with van der Waals surface area (Å²) in [5, 5.41) is 3.14. The molecular weight excluding hydrogens is 600 g/mol. The summed E-state index contributed by atoms with van der Waals surface area (Å²) in [5.41, 5.74) is 7.58. The summed E-state index contributed by atoms with van der Waals surface area (Å²) in [4.78, 5) is 47.2. The molecule has 238 valence electrons. The van der Waals surface area contributed by atoms with Gasteiger partial charge in [0.1, 0.15) is 12.4 Å². The summed E-state index contributed by atoms with van der Waals surface area (Å²) in [5.74, 6) is 0.311. The summed E-state index contributed by atoms with van der Waals surface area (Å²) < 4.78 is 17.4. The van der Waals surface area contributed by atoms with Crippen molar-refractivity contribution in [2.24, 2.45) is 34.8 Å². The molecular formula is C34H37ClN2O8. The summed E-state index contributed by atoms with van der Waals surface area (Å²) in [6, 6.07) is 10.9. The Kier molecular flexibility index (Phi) is 7.47. The Bertz CT molecular complexity index is 1570. The second-order valence-corrected chi connectivity index (χ2v) is 13.4. The fourth-order valence-corrected chi connectivity index (χ4v) is 9.58. The van der Waals surface area contributed by atoms with Gasteiger partial charge in [-0.3, -0.25) is 9.59 Å². The van der Waals surface area contributed by atoms with Gasteiger partial charge >= 0.3 is 5.97 Å². The predicted octanol–water partition coefficient (Wildman–Crippen LogP) is 5.27. The molecule has 4 aliphatic carbocycles. The van der Waals surface area contributed by atoms with Gasteiger partial charge in [-0.25, -0.2) is 9.68 Å². The van der Waals surface area contributed by atoms with E-state index in [1.54, 1.807) is 25.3 Å². The smallest absolute Gasteiger partial charge is 0.330 e. The van der Waals surface area contributed by atoms with Crippen molar-refractivity contribution in [3.63, 3.8) is 0 Å². The molecule has 2 aromatic rings. The van der Waals surface area contributed by atoms with Crippen molar-refractivity contribution < 1.29 is 38.4 Å². The fourth-order valence-electron chi connectivity index (χ4n) is 9.23. The van der Waals surface area contributed by atoms with E-state index < -0.39 is 23.3 Å². The highest BCUT2D eigenvalue weighted by molar-refractivity contribution is 6.33. The summed E-state index contributed by atoms with van der Waals surface area (Å²) >= 11 is 7.18. The van der Waals surface area contributed by atoms with Crippen LogP contribution in [0.1, 0.15) is 61.6 Å². The van der Waals surface area contributed by atoms with Gasteiger partial charge in [0.15, 0.2) is 5.60 Å². The number of esters is 1. The van der Waals surface area contributed by atoms with Crippen molar-refractivity contribution in [2.75, 3.05) is 19.5 Å². The number of nitrogens with two attached hydrogens (primary N) is 1. The molecule has 0 aromatic heterocycles. The average Bonchev–Trinajstić information content (AvgIpc) is 3.51. The number of hydrogen-bond donors (Lipinski definition) is 2. The highest BCUT2D eigenvalue weighted by Crippen LogP contribution is 2.87. The Labute approximate surface area is 266 Å². The number of ether oxygens (including phenoxy) is 3. The minimum Gasteiger partial charge on any atom is -0.487 e. The van der Waals surface area contributed by atoms with E-state index in [1.807, 2.05) is 24.3 Å². The van der Waals surface area contributed by atoms with Crippen molar-refractivity contribution >= 4 is 41.1 Å². The Hall–Kier alpha value is -3.44. The van der Waals surface area contributed by atoms with E-state index in [2.05, 4.69) is 5.32 Å². The van der Waals surface area contributed by atoms with E-state index in [0.717, 1.165) is 36.7 Å². The van der Waals surface area contributed by atoms with E-state index in [4.69, 9.17) is 41.3 Å². The zero-order chi connectivity index (χ0) is 31.6. The minimum absolute atomic E-state index is 0.162. The number of hydrogen-bond acceptors (Lipinski definition) is 8. The van der Waals surface area contributed by atoms with E-state index >= 15 is 0 Å². The van der Waals surface area contributed by atoms with Crippen LogP contribution in [-0.4, -0.2) is 37.6 Å². The van der Waals surface area contributed by atoms with Gasteiger partial charge in [-0.1, -0.05) is 35.9 Å². The van der Waals surface area contributed by atoms with Crippen LogP contribution < -0.4 is 15.8 Å². The van der Waals surface area contributed by atoms with Crippen LogP contribution in [0.2, 0.25) is 5.02 Å². The molecule has 2 spiro atoms. The molecule has 3 N–H and O–H groups in total. The van der Waals surface area contributed by atoms with Gasteiger partial charge < -0.3 is 25.3 Å². The minimum atomic E-state index is -1.17. The first kappa shape index (κ1) is 30.2. The van der Waals surface area contributed by atoms with Crippen molar-refractivity contribution in [1.82, 2.24) is 0 Å². The molecule has 5 fully saturated rings. The van der Waals surface area contributed by atoms with Gasteiger partial charge in [-0.15, -0.1) is 0 Å². The number of fused-ring (bicyclic) bond motifs is 3. The second-order valence-electron chi connectivity index (χ2n) is 13.0. The van der Waals surface area contributed by atoms with Crippen molar-refractivity contribution in [1.29, 1.82) is 0 Å². The van der Waals surface area contributed by atoms with Crippen molar-refractivity contribution in [2.45, 2.75) is 62.9 Å². The molecule has 7 unspecified atom stereocenters. The Morgan fingerprint density at radius 2 is 1.78 bits per heavy atom. The first-order chi connectivity index (χ1) is 21.7. The van der Waals surface area contributed by atoms with Crippen molar-refractivity contribution in [3.8, 4) is 5.75 Å². The van der Waals surface area contributed by atoms with Crippen LogP contribution in [0.5, 0.6) is 5.75 Å². The molecule has 1 aliphatic heterocycles. The third-order valence-corrected chi connectivity index (χ3v) is 11.6. The average molecular weight is 637 g/mol. The number of nitrogens with one attached hydrogen (secondary N) is 1. The number of halogens is 1. The van der Waals surface area contributed by atoms with Crippen LogP contribution in [0.3, 0.4) is 0 Å². The van der Waals surface area contributed by atoms with Gasteiger partial charge in [0.2, 0.25) is 11.8 Å². The molecule has 2 aromatic carbocycles. The molecule has 10 nitrogen and oxygen atoms in total. The van der Waals surface area contributed by atoms with Gasteiger partial charge in [-0.2, -0.15) is 4.89 Å². The number of rotatable bonds is 12. The van der Waals surface area contributed by atoms with Crippen LogP contribution in [0, 0.1) is 29.1 Å². The van der Waals surface area contributed by atoms with E-state index in [-0.39, 0.29) is 25.4 Å². The third-order valence-electron chi connectivity index (χ3n) is 11.2. The highest BCUT2D eigenvalue weighted by atomic mass is 35.5. The number of benzene rings is 2. The molecule has 1 heterocycles. The van der Waals surface area contributed by atoms with Crippen LogP contribution in [-0.2, 0) is 46.0 Å². The quantitative estimate of drug-likeness (QED) is 0.183. The lowest BCUT2D eigenvalue weighted by molar-refractivity contribution is -0.642. The van der Waals surface area contributed by atoms with E-state index in [0.29, 0.717) is 51.3 Å². The summed E-state index contributed by atoms with van der Waals surface area (Å²) in [6.45, 7) is 0.162. The maximum absolute atomic E-state index is 12.2. The zero-order valence-electron chi connectivity index (χ0n) is 25.3. The number of amides is 2. The second kappa shape index (κ2) is 11.1. The standard InChI is InChI=1S/C34H37ClN2O8/c1-41-29(40)13-9-20-8-12-25(34(42-2)33(44-45-34)23-15-21-14-22-16-26(33)32(21,22)17-23)30(35)31(20)43-18-19-6-10-24(11-7-19)37-28(39)5-3-4-27(36)38/h6-13,21-23,26H,3-5,14-18H2,1-2H3,(H2,36,38)(H,37,39)/b13-9+. The number of methoxy groups -OCH3 is 2. The lowest BCUT2D eigenvalue weighted by atomic mass is 9.35. The maximum atomic E-state index is 12.2. The monoisotopic (exact) mass is 636 g/mol. The Balaban J connectivity index is 1.13. The van der Waals surface area contributed by atoms with E-state index in [9.17, 15) is 14.4 Å². The molecule has 4 saturated carbocycles. The third kappa shape index (κ3) is 4.36. The molecule has 45 heavy (non-hydrogen) atoms. The number of anilines is 1. The molecule has 2 amide bonds. The molecule has 5 aliphatic rings. The number of carbonyl (C=O) groups is 3. The van der Waals surface area contributed by atoms with Crippen LogP contribution in [0.25, 0.3) is 6.08 Å². The van der Waals surface area contributed by atoms with Crippen LogP contribution in [0.15, 0.2) is 42.5 Å². The SMILES string of the molecule is COC(=O)/C=C/c1ccc(C2(OC)OOC23C2CC4CC5CC3C45C2)c(Cl)c1OCc1ccc(NC(=O)CCCC(N)=O)cc1. The molecule has 7 atom stereocenters. The summed E-state index contributed by atoms with van der Waals surface area (Å²) in [6.07, 6.45) is 8.39. The number of primary amides is 1. The molecule has 1 saturated heterocycles.